The molecule has 0 saturated heterocycles. The average Bonchev–Trinajstić information content (AvgIpc) is 2.36. The number of nitrogens with one attached hydrogen (secondary N) is 1. The van der Waals surface area contributed by atoms with Crippen molar-refractivity contribution in [2.45, 2.75) is 38.3 Å². The molecule has 5 heteroatoms. The number of carbonyl (C=O) groups is 1. The van der Waals surface area contributed by atoms with E-state index in [9.17, 15) is 4.79 Å². The Balaban J connectivity index is 4.08. The van der Waals surface area contributed by atoms with Crippen molar-refractivity contribution in [1.29, 1.82) is 0 Å². The van der Waals surface area contributed by atoms with Crippen LogP contribution in [-0.2, 0) is 19.0 Å². The second-order valence-electron chi connectivity index (χ2n) is 3.94. The third-order valence-electron chi connectivity index (χ3n) is 2.61. The molecule has 2 atom stereocenters. The molecule has 102 valence electrons. The standard InChI is InChI=1S/C12H25NO4/c1-5-6-7-11(12(14)17-4)13-8-10(16-3)9-15-2/h10-11,13H,5-9H2,1-4H3. The van der Waals surface area contributed by atoms with Crippen molar-refractivity contribution in [3.05, 3.63) is 0 Å². The number of methoxy groups -OCH3 is 3. The van der Waals surface area contributed by atoms with E-state index in [2.05, 4.69) is 12.2 Å². The van der Waals surface area contributed by atoms with Gasteiger partial charge in [0.05, 0.1) is 19.8 Å². The normalized spacial score (nSPS) is 14.4. The van der Waals surface area contributed by atoms with E-state index in [-0.39, 0.29) is 18.1 Å². The first-order chi connectivity index (χ1) is 8.19. The lowest BCUT2D eigenvalue weighted by molar-refractivity contribution is -0.143. The lowest BCUT2D eigenvalue weighted by Crippen LogP contribution is -2.43. The number of rotatable bonds is 10. The molecule has 0 rings (SSSR count). The summed E-state index contributed by atoms with van der Waals surface area (Å²) in [6.07, 6.45) is 2.79. The Morgan fingerprint density at radius 2 is 2.00 bits per heavy atom. The summed E-state index contributed by atoms with van der Waals surface area (Å²) in [5.74, 6) is -0.217. The fraction of sp³-hybridized carbons (Fsp3) is 0.917. The summed E-state index contributed by atoms with van der Waals surface area (Å²) in [6.45, 7) is 3.18. The molecule has 0 aliphatic heterocycles. The topological polar surface area (TPSA) is 56.8 Å². The van der Waals surface area contributed by atoms with Crippen LogP contribution in [0.1, 0.15) is 26.2 Å². The molecule has 2 unspecified atom stereocenters. The van der Waals surface area contributed by atoms with Crippen LogP contribution in [0.4, 0.5) is 0 Å². The number of hydrogen-bond donors (Lipinski definition) is 1. The Hall–Kier alpha value is -0.650. The molecule has 0 bridgehead atoms. The molecule has 17 heavy (non-hydrogen) atoms. The van der Waals surface area contributed by atoms with Crippen molar-refractivity contribution < 1.29 is 19.0 Å². The number of unbranched alkanes of at least 4 members (excludes halogenated alkanes) is 1. The minimum atomic E-state index is -0.255. The van der Waals surface area contributed by atoms with Crippen molar-refractivity contribution in [2.24, 2.45) is 0 Å². The van der Waals surface area contributed by atoms with E-state index < -0.39 is 0 Å². The van der Waals surface area contributed by atoms with Gasteiger partial charge in [0.15, 0.2) is 0 Å². The predicted octanol–water partition coefficient (Wildman–Crippen LogP) is 0.969. The molecule has 0 saturated carbocycles. The summed E-state index contributed by atoms with van der Waals surface area (Å²) in [6, 6.07) is -0.255. The predicted molar refractivity (Wildman–Crippen MR) is 66.0 cm³/mol. The molecular formula is C12H25NO4. The minimum absolute atomic E-state index is 0.0474. The molecule has 0 spiro atoms. The van der Waals surface area contributed by atoms with E-state index >= 15 is 0 Å². The van der Waals surface area contributed by atoms with Crippen LogP contribution in [0.25, 0.3) is 0 Å². The first kappa shape index (κ1) is 16.4. The number of hydrogen-bond acceptors (Lipinski definition) is 5. The van der Waals surface area contributed by atoms with E-state index in [1.54, 1.807) is 14.2 Å². The van der Waals surface area contributed by atoms with Crippen LogP contribution < -0.4 is 5.32 Å². The van der Waals surface area contributed by atoms with Crippen molar-refractivity contribution in [3.63, 3.8) is 0 Å². The molecule has 0 fully saturated rings. The lowest BCUT2D eigenvalue weighted by Gasteiger charge is -2.20. The maximum Gasteiger partial charge on any atom is 0.322 e. The quantitative estimate of drug-likeness (QED) is 0.583. The zero-order chi connectivity index (χ0) is 13.1. The molecule has 0 aromatic rings. The zero-order valence-electron chi connectivity index (χ0n) is 11.3. The molecule has 0 aromatic carbocycles. The van der Waals surface area contributed by atoms with Crippen LogP contribution in [0.5, 0.6) is 0 Å². The molecule has 0 radical (unpaired) electrons. The van der Waals surface area contributed by atoms with Gasteiger partial charge in [-0.05, 0) is 6.42 Å². The van der Waals surface area contributed by atoms with Gasteiger partial charge in [0.25, 0.3) is 0 Å². The molecule has 0 aliphatic carbocycles. The van der Waals surface area contributed by atoms with Crippen LogP contribution in [-0.4, -0.2) is 52.6 Å². The van der Waals surface area contributed by atoms with Crippen molar-refractivity contribution in [3.8, 4) is 0 Å². The third kappa shape index (κ3) is 7.31. The Labute approximate surface area is 104 Å². The fourth-order valence-electron chi connectivity index (χ4n) is 1.52. The molecule has 0 heterocycles. The number of ether oxygens (including phenoxy) is 3. The van der Waals surface area contributed by atoms with E-state index in [1.165, 1.54) is 7.11 Å². The fourth-order valence-corrected chi connectivity index (χ4v) is 1.52. The summed E-state index contributed by atoms with van der Waals surface area (Å²) in [4.78, 5) is 11.5. The van der Waals surface area contributed by atoms with Crippen molar-refractivity contribution in [2.75, 3.05) is 34.5 Å². The van der Waals surface area contributed by atoms with E-state index in [4.69, 9.17) is 14.2 Å². The van der Waals surface area contributed by atoms with Crippen LogP contribution in [0.15, 0.2) is 0 Å². The highest BCUT2D eigenvalue weighted by Gasteiger charge is 2.19. The molecule has 0 amide bonds. The molecular weight excluding hydrogens is 222 g/mol. The van der Waals surface area contributed by atoms with Crippen LogP contribution in [0, 0.1) is 0 Å². The molecule has 5 nitrogen and oxygen atoms in total. The summed E-state index contributed by atoms with van der Waals surface area (Å²) < 4.78 is 15.0. The van der Waals surface area contributed by atoms with Crippen molar-refractivity contribution in [1.82, 2.24) is 5.32 Å². The van der Waals surface area contributed by atoms with Crippen LogP contribution >= 0.6 is 0 Å². The first-order valence-electron chi connectivity index (χ1n) is 6.02. The van der Waals surface area contributed by atoms with Gasteiger partial charge < -0.3 is 19.5 Å². The third-order valence-corrected chi connectivity index (χ3v) is 2.61. The Kier molecular flexibility index (Phi) is 10.1. The van der Waals surface area contributed by atoms with E-state index in [0.29, 0.717) is 13.2 Å². The van der Waals surface area contributed by atoms with Gasteiger partial charge >= 0.3 is 5.97 Å². The summed E-state index contributed by atoms with van der Waals surface area (Å²) in [7, 11) is 4.66. The number of carbonyl (C=O) groups excluding carboxylic acids is 1. The highest BCUT2D eigenvalue weighted by molar-refractivity contribution is 5.75. The summed E-state index contributed by atoms with van der Waals surface area (Å²) in [5, 5.41) is 3.16. The van der Waals surface area contributed by atoms with Crippen LogP contribution in [0.2, 0.25) is 0 Å². The molecule has 0 aromatic heterocycles. The number of esters is 1. The van der Waals surface area contributed by atoms with Gasteiger partial charge in [-0.1, -0.05) is 19.8 Å². The SMILES string of the molecule is CCCCC(NCC(COC)OC)C(=O)OC. The lowest BCUT2D eigenvalue weighted by atomic mass is 10.1. The Morgan fingerprint density at radius 3 is 2.47 bits per heavy atom. The maximum absolute atomic E-state index is 11.5. The second-order valence-corrected chi connectivity index (χ2v) is 3.94. The second kappa shape index (κ2) is 10.5. The van der Waals surface area contributed by atoms with Gasteiger partial charge in [0.1, 0.15) is 6.04 Å². The van der Waals surface area contributed by atoms with Gasteiger partial charge in [-0.3, -0.25) is 4.79 Å². The van der Waals surface area contributed by atoms with E-state index in [1.807, 2.05) is 0 Å². The highest BCUT2D eigenvalue weighted by Crippen LogP contribution is 2.03. The largest absolute Gasteiger partial charge is 0.468 e. The summed E-state index contributed by atoms with van der Waals surface area (Å²) >= 11 is 0. The summed E-state index contributed by atoms with van der Waals surface area (Å²) in [5.41, 5.74) is 0. The minimum Gasteiger partial charge on any atom is -0.468 e. The van der Waals surface area contributed by atoms with Crippen LogP contribution in [0.3, 0.4) is 0 Å². The van der Waals surface area contributed by atoms with Gasteiger partial charge in [0, 0.05) is 20.8 Å². The molecule has 1 N–H and O–H groups in total. The zero-order valence-corrected chi connectivity index (χ0v) is 11.3. The Morgan fingerprint density at radius 1 is 1.29 bits per heavy atom. The first-order valence-corrected chi connectivity index (χ1v) is 6.02. The van der Waals surface area contributed by atoms with Gasteiger partial charge in [0.2, 0.25) is 0 Å². The monoisotopic (exact) mass is 247 g/mol. The molecule has 0 aliphatic rings. The van der Waals surface area contributed by atoms with Crippen molar-refractivity contribution >= 4 is 5.97 Å². The smallest absolute Gasteiger partial charge is 0.322 e. The highest BCUT2D eigenvalue weighted by atomic mass is 16.5. The van der Waals surface area contributed by atoms with E-state index in [0.717, 1.165) is 19.3 Å². The van der Waals surface area contributed by atoms with Gasteiger partial charge in [-0.2, -0.15) is 0 Å². The maximum atomic E-state index is 11.5. The average molecular weight is 247 g/mol. The van der Waals surface area contributed by atoms with Gasteiger partial charge in [-0.25, -0.2) is 0 Å². The van der Waals surface area contributed by atoms with Gasteiger partial charge in [-0.15, -0.1) is 0 Å². The Bertz CT molecular complexity index is 199.